The lowest BCUT2D eigenvalue weighted by atomic mass is 10.1. The third-order valence-corrected chi connectivity index (χ3v) is 9.43. The highest BCUT2D eigenvalue weighted by molar-refractivity contribution is 7.89. The van der Waals surface area contributed by atoms with E-state index in [1.165, 1.54) is 41.8 Å². The average molecular weight is 661 g/mol. The Balaban J connectivity index is 1.39. The molecule has 1 aliphatic heterocycles. The molecule has 43 heavy (non-hydrogen) atoms. The second-order valence-corrected chi connectivity index (χ2v) is 12.2. The Morgan fingerprint density at radius 3 is 2.26 bits per heavy atom. The first kappa shape index (κ1) is 30.7. The predicted octanol–water partition coefficient (Wildman–Crippen LogP) is 4.14. The molecule has 11 nitrogen and oxygen atoms in total. The fourth-order valence-corrected chi connectivity index (χ4v) is 6.92. The van der Waals surface area contributed by atoms with Crippen LogP contribution < -0.4 is 19.7 Å². The summed E-state index contributed by atoms with van der Waals surface area (Å²) in [4.78, 5) is 27.5. The van der Waals surface area contributed by atoms with Gasteiger partial charge in [-0.05, 0) is 53.6 Å². The van der Waals surface area contributed by atoms with Crippen LogP contribution in [0.3, 0.4) is 0 Å². The van der Waals surface area contributed by atoms with Gasteiger partial charge in [0.15, 0.2) is 10.8 Å². The van der Waals surface area contributed by atoms with Crippen molar-refractivity contribution in [2.75, 3.05) is 24.5 Å². The molecule has 1 aliphatic rings. The molecule has 0 radical (unpaired) electrons. The smallest absolute Gasteiger partial charge is 0.387 e. The molecule has 0 aliphatic carbocycles. The number of rotatable bonds is 10. The fraction of sp³-hybridized carbons (Fsp3) is 0.280. The minimum atomic E-state index is -4.28. The third kappa shape index (κ3) is 7.23. The van der Waals surface area contributed by atoms with Gasteiger partial charge in [0.2, 0.25) is 21.2 Å². The maximum atomic E-state index is 13.7. The standard InChI is InChI=1S/C25H21ClF4N6O5S2/c26-22-32-12-19-20(33-22)34-25(42-19)35-9-10-36(43(38,39)17-7-5-16(6-8-17)41-24(29)30)18(13-35)21(37)31-11-14-1-3-15(4-2-14)40-23(27)28/h1-8,12,18,23-24H,9-11,13H2,(H,31,37)/t18-/m1/s1. The number of halogens is 5. The van der Waals surface area contributed by atoms with E-state index in [0.29, 0.717) is 21.0 Å². The summed E-state index contributed by atoms with van der Waals surface area (Å²) in [6.07, 6.45) is 1.51. The van der Waals surface area contributed by atoms with Gasteiger partial charge in [-0.15, -0.1) is 0 Å². The number of ether oxygens (including phenoxy) is 2. The van der Waals surface area contributed by atoms with Crippen molar-refractivity contribution >= 4 is 54.3 Å². The summed E-state index contributed by atoms with van der Waals surface area (Å²) in [7, 11) is -4.28. The van der Waals surface area contributed by atoms with Crippen LogP contribution in [-0.4, -0.2) is 72.5 Å². The Morgan fingerprint density at radius 1 is 1.00 bits per heavy atom. The number of hydrogen-bond donors (Lipinski definition) is 1. The van der Waals surface area contributed by atoms with Crippen molar-refractivity contribution in [3.8, 4) is 11.5 Å². The molecule has 1 atom stereocenters. The lowest BCUT2D eigenvalue weighted by Crippen LogP contribution is -2.60. The summed E-state index contributed by atoms with van der Waals surface area (Å²) < 4.78 is 87.7. The van der Waals surface area contributed by atoms with E-state index in [2.05, 4.69) is 29.7 Å². The molecule has 18 heteroatoms. The minimum Gasteiger partial charge on any atom is -0.435 e. The number of hydrogen-bond acceptors (Lipinski definition) is 10. The van der Waals surface area contributed by atoms with Crippen LogP contribution in [0, 0.1) is 0 Å². The lowest BCUT2D eigenvalue weighted by Gasteiger charge is -2.39. The maximum Gasteiger partial charge on any atom is 0.387 e. The molecule has 228 valence electrons. The molecular formula is C25H21ClF4N6O5S2. The Bertz CT molecular complexity index is 1700. The molecule has 4 aromatic rings. The van der Waals surface area contributed by atoms with E-state index in [1.54, 1.807) is 4.90 Å². The van der Waals surface area contributed by atoms with E-state index in [9.17, 15) is 30.8 Å². The number of nitrogens with zero attached hydrogens (tertiary/aromatic N) is 5. The normalized spacial score (nSPS) is 16.2. The van der Waals surface area contributed by atoms with Crippen LogP contribution in [0.2, 0.25) is 5.28 Å². The Hall–Kier alpha value is -3.80. The fourth-order valence-electron chi connectivity index (χ4n) is 4.31. The largest absolute Gasteiger partial charge is 0.435 e. The number of piperazine rings is 1. The van der Waals surface area contributed by atoms with Gasteiger partial charge in [-0.1, -0.05) is 23.5 Å². The van der Waals surface area contributed by atoms with Gasteiger partial charge in [-0.3, -0.25) is 4.79 Å². The quantitative estimate of drug-likeness (QED) is 0.197. The predicted molar refractivity (Wildman–Crippen MR) is 148 cm³/mol. The summed E-state index contributed by atoms with van der Waals surface area (Å²) in [5.41, 5.74) is 0.898. The highest BCUT2D eigenvalue weighted by atomic mass is 35.5. The van der Waals surface area contributed by atoms with Crippen LogP contribution in [-0.2, 0) is 21.4 Å². The van der Waals surface area contributed by atoms with Crippen molar-refractivity contribution in [2.45, 2.75) is 30.7 Å². The summed E-state index contributed by atoms with van der Waals surface area (Å²) in [5, 5.41) is 3.19. The zero-order chi connectivity index (χ0) is 30.7. The summed E-state index contributed by atoms with van der Waals surface area (Å²) in [5.74, 6) is -0.920. The monoisotopic (exact) mass is 660 g/mol. The minimum absolute atomic E-state index is 0.0105. The highest BCUT2D eigenvalue weighted by Gasteiger charge is 2.41. The second kappa shape index (κ2) is 12.8. The van der Waals surface area contributed by atoms with E-state index in [4.69, 9.17) is 11.6 Å². The first-order valence-electron chi connectivity index (χ1n) is 12.4. The van der Waals surface area contributed by atoms with E-state index in [1.807, 2.05) is 0 Å². The Kier molecular flexibility index (Phi) is 9.14. The average Bonchev–Trinajstić information content (AvgIpc) is 3.39. The molecule has 1 saturated heterocycles. The summed E-state index contributed by atoms with van der Waals surface area (Å²) >= 11 is 7.12. The SMILES string of the molecule is O=C(NCc1ccc(OC(F)F)cc1)[C@H]1CN(c2nc3nc(Cl)ncc3s2)CCN1S(=O)(=O)c1ccc(OC(F)F)cc1. The van der Waals surface area contributed by atoms with Gasteiger partial charge in [0, 0.05) is 26.2 Å². The van der Waals surface area contributed by atoms with Crippen molar-refractivity contribution in [1.29, 1.82) is 0 Å². The maximum absolute atomic E-state index is 13.7. The van der Waals surface area contributed by atoms with E-state index >= 15 is 0 Å². The number of nitrogens with one attached hydrogen (secondary N) is 1. The van der Waals surface area contributed by atoms with Crippen LogP contribution in [0.15, 0.2) is 59.6 Å². The van der Waals surface area contributed by atoms with Crippen LogP contribution in [0.4, 0.5) is 22.7 Å². The Morgan fingerprint density at radius 2 is 1.63 bits per heavy atom. The number of amides is 1. The van der Waals surface area contributed by atoms with E-state index in [-0.39, 0.29) is 47.9 Å². The van der Waals surface area contributed by atoms with Crippen LogP contribution in [0.25, 0.3) is 10.3 Å². The topological polar surface area (TPSA) is 127 Å². The number of sulfonamides is 1. The lowest BCUT2D eigenvalue weighted by molar-refractivity contribution is -0.125. The highest BCUT2D eigenvalue weighted by Crippen LogP contribution is 2.31. The van der Waals surface area contributed by atoms with Crippen LogP contribution >= 0.6 is 22.9 Å². The van der Waals surface area contributed by atoms with Gasteiger partial charge >= 0.3 is 13.2 Å². The zero-order valence-electron chi connectivity index (χ0n) is 21.7. The molecule has 3 heterocycles. The number of thiazole rings is 1. The first-order valence-corrected chi connectivity index (χ1v) is 15.1. The van der Waals surface area contributed by atoms with Gasteiger partial charge in [-0.25, -0.2) is 13.4 Å². The molecule has 1 amide bonds. The number of anilines is 1. The van der Waals surface area contributed by atoms with Gasteiger partial charge in [0.25, 0.3) is 0 Å². The molecule has 5 rings (SSSR count). The van der Waals surface area contributed by atoms with E-state index < -0.39 is 35.2 Å². The van der Waals surface area contributed by atoms with Gasteiger partial charge in [-0.2, -0.15) is 31.8 Å². The van der Waals surface area contributed by atoms with E-state index in [0.717, 1.165) is 28.6 Å². The van der Waals surface area contributed by atoms with Crippen LogP contribution in [0.1, 0.15) is 5.56 Å². The molecule has 1 fully saturated rings. The second-order valence-electron chi connectivity index (χ2n) is 8.99. The number of carbonyl (C=O) groups excluding carboxylic acids is 1. The molecule has 1 N–H and O–H groups in total. The molecule has 0 spiro atoms. The molecule has 2 aromatic carbocycles. The van der Waals surface area contributed by atoms with Crippen molar-refractivity contribution in [3.05, 3.63) is 65.6 Å². The molecular weight excluding hydrogens is 640 g/mol. The van der Waals surface area contributed by atoms with Gasteiger partial charge in [0.05, 0.1) is 15.8 Å². The first-order chi connectivity index (χ1) is 20.5. The van der Waals surface area contributed by atoms with Gasteiger partial charge in [0.1, 0.15) is 17.5 Å². The number of carbonyl (C=O) groups is 1. The molecule has 0 bridgehead atoms. The van der Waals surface area contributed by atoms with Crippen molar-refractivity contribution in [2.24, 2.45) is 0 Å². The number of fused-ring (bicyclic) bond motifs is 1. The number of aromatic nitrogens is 3. The molecule has 0 unspecified atom stereocenters. The third-order valence-electron chi connectivity index (χ3n) is 6.28. The Labute approximate surface area is 251 Å². The number of benzene rings is 2. The van der Waals surface area contributed by atoms with Gasteiger partial charge < -0.3 is 19.7 Å². The van der Waals surface area contributed by atoms with Crippen molar-refractivity contribution < 1.29 is 40.2 Å². The van der Waals surface area contributed by atoms with Crippen LogP contribution in [0.5, 0.6) is 11.5 Å². The van der Waals surface area contributed by atoms with Crippen molar-refractivity contribution in [1.82, 2.24) is 24.6 Å². The number of alkyl halides is 4. The zero-order valence-corrected chi connectivity index (χ0v) is 24.1. The summed E-state index contributed by atoms with van der Waals surface area (Å²) in [6.45, 7) is -6.13. The van der Waals surface area contributed by atoms with Crippen molar-refractivity contribution in [3.63, 3.8) is 0 Å². The summed E-state index contributed by atoms with van der Waals surface area (Å²) in [6, 6.07) is 8.79. The molecule has 2 aromatic heterocycles. The molecule has 0 saturated carbocycles.